The smallest absolute Gasteiger partial charge is 0.338 e. The maximum atomic E-state index is 12.2. The van der Waals surface area contributed by atoms with Gasteiger partial charge in [0.05, 0.1) is 5.69 Å². The minimum Gasteiger partial charge on any atom is -0.366 e. The average molecular weight is 408 g/mol. The molecule has 0 bridgehead atoms. The minimum absolute atomic E-state index is 0. The van der Waals surface area contributed by atoms with Gasteiger partial charge in [-0.2, -0.15) is 0 Å². The molecule has 2 aromatic carbocycles. The summed E-state index contributed by atoms with van der Waals surface area (Å²) < 4.78 is 0.978. The molecular weight excluding hydrogens is 386 g/mol. The van der Waals surface area contributed by atoms with Crippen LogP contribution in [0, 0.1) is 0 Å². The number of primary amides is 1. The van der Waals surface area contributed by atoms with Crippen LogP contribution in [0.3, 0.4) is 0 Å². The summed E-state index contributed by atoms with van der Waals surface area (Å²) >= 11 is 4.09. The molecule has 0 saturated heterocycles. The molecule has 2 aromatic rings. The number of benzene rings is 2. The van der Waals surface area contributed by atoms with E-state index in [1.165, 1.54) is 24.3 Å². The van der Waals surface area contributed by atoms with Crippen LogP contribution in [0.4, 0.5) is 10.5 Å². The molecular formula is C19H22ClN3O3S. The van der Waals surface area contributed by atoms with Gasteiger partial charge < -0.3 is 5.73 Å². The molecule has 8 heteroatoms. The van der Waals surface area contributed by atoms with Gasteiger partial charge in [0.1, 0.15) is 0 Å². The monoisotopic (exact) mass is 407 g/mol. The number of nitrogens with one attached hydrogen (secondary N) is 1. The molecule has 27 heavy (non-hydrogen) atoms. The summed E-state index contributed by atoms with van der Waals surface area (Å²) in [6.45, 7) is 6.23. The highest BCUT2D eigenvalue weighted by molar-refractivity contribution is 7.82. The highest BCUT2D eigenvalue weighted by atomic mass is 35.5. The van der Waals surface area contributed by atoms with Gasteiger partial charge in [-0.1, -0.05) is 45.7 Å². The Kier molecular flexibility index (Phi) is 7.45. The predicted molar refractivity (Wildman–Crippen MR) is 112 cm³/mol. The van der Waals surface area contributed by atoms with Gasteiger partial charge >= 0.3 is 6.03 Å². The fourth-order valence-electron chi connectivity index (χ4n) is 2.23. The van der Waals surface area contributed by atoms with Crippen molar-refractivity contribution in [3.8, 4) is 0 Å². The zero-order chi connectivity index (χ0) is 19.5. The Morgan fingerprint density at radius 3 is 1.85 bits per heavy atom. The Morgan fingerprint density at radius 2 is 1.41 bits per heavy atom. The Balaban J connectivity index is 0.00000364. The Hall–Kier alpha value is -2.51. The molecule has 0 aliphatic carbocycles. The highest BCUT2D eigenvalue weighted by Crippen LogP contribution is 2.22. The number of amides is 4. The molecule has 0 heterocycles. The van der Waals surface area contributed by atoms with Crippen LogP contribution in [-0.4, -0.2) is 17.8 Å². The molecule has 3 N–H and O–H groups in total. The number of rotatable bonds is 3. The SMILES string of the molecule is CC(C)(C)c1ccc(C(=O)NC(=O)N(S)c2ccc(C(N)=O)cc2)cc1.Cl. The molecule has 6 nitrogen and oxygen atoms in total. The molecule has 0 aliphatic rings. The van der Waals surface area contributed by atoms with Gasteiger partial charge in [-0.15, -0.1) is 12.4 Å². The lowest BCUT2D eigenvalue weighted by atomic mass is 9.87. The van der Waals surface area contributed by atoms with Gasteiger partial charge in [-0.3, -0.25) is 14.9 Å². The van der Waals surface area contributed by atoms with E-state index in [4.69, 9.17) is 5.73 Å². The molecule has 0 spiro atoms. The molecule has 0 aromatic heterocycles. The summed E-state index contributed by atoms with van der Waals surface area (Å²) in [7, 11) is 0. The number of urea groups is 1. The normalized spacial score (nSPS) is 10.5. The minimum atomic E-state index is -0.704. The molecule has 2 rings (SSSR count). The van der Waals surface area contributed by atoms with Crippen molar-refractivity contribution in [2.75, 3.05) is 4.31 Å². The van der Waals surface area contributed by atoms with E-state index in [0.717, 1.165) is 9.87 Å². The van der Waals surface area contributed by atoms with Crippen LogP contribution in [0.1, 0.15) is 47.1 Å². The fourth-order valence-corrected chi connectivity index (χ4v) is 2.41. The number of nitrogens with zero attached hydrogens (tertiary/aromatic N) is 1. The van der Waals surface area contributed by atoms with Crippen LogP contribution in [0.25, 0.3) is 0 Å². The van der Waals surface area contributed by atoms with E-state index in [0.29, 0.717) is 16.8 Å². The standard InChI is InChI=1S/C19H21N3O3S.ClH/c1-19(2,3)14-8-4-13(5-9-14)17(24)21-18(25)22(26)15-10-6-12(7-11-15)16(20)23;/h4-11,26H,1-3H3,(H2,20,23)(H,21,24,25);1H. The van der Waals surface area contributed by atoms with Gasteiger partial charge in [0.15, 0.2) is 0 Å². The molecule has 0 fully saturated rings. The van der Waals surface area contributed by atoms with Crippen molar-refractivity contribution in [2.45, 2.75) is 26.2 Å². The van der Waals surface area contributed by atoms with Gasteiger partial charge in [0, 0.05) is 11.1 Å². The van der Waals surface area contributed by atoms with Crippen LogP contribution >= 0.6 is 25.2 Å². The number of nitrogens with two attached hydrogens (primary N) is 1. The number of halogens is 1. The lowest BCUT2D eigenvalue weighted by Crippen LogP contribution is -2.38. The summed E-state index contributed by atoms with van der Waals surface area (Å²) in [6, 6.07) is 12.3. The number of hydrogen-bond donors (Lipinski definition) is 3. The second-order valence-corrected chi connectivity index (χ2v) is 7.21. The molecule has 4 amide bonds. The lowest BCUT2D eigenvalue weighted by Gasteiger charge is -2.19. The van der Waals surface area contributed by atoms with Crippen molar-refractivity contribution in [1.29, 1.82) is 0 Å². The Morgan fingerprint density at radius 1 is 0.926 bits per heavy atom. The Labute approximate surface area is 170 Å². The number of anilines is 1. The zero-order valence-electron chi connectivity index (χ0n) is 15.2. The first kappa shape index (κ1) is 22.5. The molecule has 0 atom stereocenters. The largest absolute Gasteiger partial charge is 0.366 e. The summed E-state index contributed by atoms with van der Waals surface area (Å²) in [5.41, 5.74) is 7.31. The van der Waals surface area contributed by atoms with Crippen LogP contribution < -0.4 is 15.4 Å². The van der Waals surface area contributed by atoms with Gasteiger partial charge in [-0.05, 0) is 47.4 Å². The van der Waals surface area contributed by atoms with Crippen LogP contribution in [0.15, 0.2) is 48.5 Å². The van der Waals surface area contributed by atoms with E-state index in [-0.39, 0.29) is 17.8 Å². The van der Waals surface area contributed by atoms with E-state index in [1.807, 2.05) is 12.1 Å². The molecule has 144 valence electrons. The van der Waals surface area contributed by atoms with Crippen molar-refractivity contribution in [1.82, 2.24) is 5.32 Å². The van der Waals surface area contributed by atoms with Gasteiger partial charge in [0.2, 0.25) is 5.91 Å². The molecule has 0 unspecified atom stereocenters. The van der Waals surface area contributed by atoms with E-state index < -0.39 is 17.8 Å². The third kappa shape index (κ3) is 5.74. The quantitative estimate of drug-likeness (QED) is 0.677. The second kappa shape index (κ2) is 8.92. The fraction of sp³-hybridized carbons (Fsp3) is 0.211. The van der Waals surface area contributed by atoms with Crippen molar-refractivity contribution >= 4 is 48.8 Å². The summed E-state index contributed by atoms with van der Waals surface area (Å²) in [5.74, 6) is -1.09. The molecule has 0 aliphatic heterocycles. The number of carbonyl (C=O) groups excluding carboxylic acids is 3. The summed E-state index contributed by atoms with van der Waals surface area (Å²) in [6.07, 6.45) is 0. The van der Waals surface area contributed by atoms with E-state index in [2.05, 4.69) is 38.9 Å². The third-order valence-electron chi connectivity index (χ3n) is 3.82. The number of thiol groups is 1. The predicted octanol–water partition coefficient (Wildman–Crippen LogP) is 3.71. The second-order valence-electron chi connectivity index (χ2n) is 6.81. The van der Waals surface area contributed by atoms with Crippen molar-refractivity contribution in [3.63, 3.8) is 0 Å². The first-order valence-electron chi connectivity index (χ1n) is 7.94. The number of hydrogen-bond acceptors (Lipinski definition) is 4. The van der Waals surface area contributed by atoms with E-state index >= 15 is 0 Å². The van der Waals surface area contributed by atoms with Crippen molar-refractivity contribution in [2.24, 2.45) is 5.73 Å². The third-order valence-corrected chi connectivity index (χ3v) is 4.23. The lowest BCUT2D eigenvalue weighted by molar-refractivity contribution is 0.0964. The zero-order valence-corrected chi connectivity index (χ0v) is 16.9. The van der Waals surface area contributed by atoms with Gasteiger partial charge in [0.25, 0.3) is 5.91 Å². The molecule has 0 saturated carbocycles. The van der Waals surface area contributed by atoms with Gasteiger partial charge in [-0.25, -0.2) is 9.10 Å². The van der Waals surface area contributed by atoms with Crippen molar-refractivity contribution < 1.29 is 14.4 Å². The first-order valence-corrected chi connectivity index (χ1v) is 8.34. The number of carbonyl (C=O) groups is 3. The molecule has 0 radical (unpaired) electrons. The van der Waals surface area contributed by atoms with E-state index in [9.17, 15) is 14.4 Å². The van der Waals surface area contributed by atoms with Crippen molar-refractivity contribution in [3.05, 3.63) is 65.2 Å². The van der Waals surface area contributed by atoms with E-state index in [1.54, 1.807) is 12.1 Å². The summed E-state index contributed by atoms with van der Waals surface area (Å²) in [4.78, 5) is 35.5. The maximum Gasteiger partial charge on any atom is 0.338 e. The average Bonchev–Trinajstić information content (AvgIpc) is 2.60. The van der Waals surface area contributed by atoms with Crippen LogP contribution in [0.5, 0.6) is 0 Å². The van der Waals surface area contributed by atoms with Crippen LogP contribution in [-0.2, 0) is 5.41 Å². The number of imide groups is 1. The maximum absolute atomic E-state index is 12.2. The topological polar surface area (TPSA) is 92.5 Å². The first-order chi connectivity index (χ1) is 12.1. The highest BCUT2D eigenvalue weighted by Gasteiger charge is 2.18. The van der Waals surface area contributed by atoms with Crippen LogP contribution in [0.2, 0.25) is 0 Å². The Bertz CT molecular complexity index is 831. The summed E-state index contributed by atoms with van der Waals surface area (Å²) in [5, 5.41) is 2.27.